The fraction of sp³-hybridized carbons (Fsp3) is 0.231. The minimum atomic E-state index is -0.949. The minimum absolute atomic E-state index is 0.0411. The predicted molar refractivity (Wildman–Crippen MR) is 199 cm³/mol. The van der Waals surface area contributed by atoms with Gasteiger partial charge in [0.2, 0.25) is 5.13 Å². The number of aromatic nitrogens is 2. The van der Waals surface area contributed by atoms with E-state index in [1.807, 2.05) is 79.7 Å². The maximum absolute atomic E-state index is 13.7. The van der Waals surface area contributed by atoms with Crippen molar-refractivity contribution in [2.24, 2.45) is 0 Å². The van der Waals surface area contributed by atoms with Crippen LogP contribution in [0.1, 0.15) is 60.0 Å². The second kappa shape index (κ2) is 16.4. The second-order valence-electron chi connectivity index (χ2n) is 11.8. The normalized spacial score (nSPS) is 15.4. The number of hydrogen-bond acceptors (Lipinski definition) is 9. The first-order valence-electron chi connectivity index (χ1n) is 16.3. The molecule has 1 fully saturated rings. The van der Waals surface area contributed by atoms with Crippen LogP contribution < -0.4 is 14.4 Å². The molecule has 6 rings (SSSR count). The molecule has 1 atom stereocenters. The number of ether oxygens (including phenoxy) is 2. The SMILES string of the molecule is CCCCCOc1ccc(C2/C(=C(\O)c3ccc(OCc4ccccc4C)cc3)C(=O)C(=O)N2c2nnc(SCc3ccccc3Cl)s2)cc1. The number of rotatable bonds is 14. The van der Waals surface area contributed by atoms with Gasteiger partial charge in [-0.15, -0.1) is 10.2 Å². The number of carbonyl (C=O) groups is 2. The third-order valence-electron chi connectivity index (χ3n) is 8.35. The highest BCUT2D eigenvalue weighted by Crippen LogP contribution is 2.44. The Hall–Kier alpha value is -4.64. The van der Waals surface area contributed by atoms with Gasteiger partial charge in [0.05, 0.1) is 18.2 Å². The molecule has 256 valence electrons. The zero-order valence-electron chi connectivity index (χ0n) is 27.7. The molecule has 1 N–H and O–H groups in total. The number of nitrogens with zero attached hydrogens (tertiary/aromatic N) is 3. The Bertz CT molecular complexity index is 2000. The van der Waals surface area contributed by atoms with Crippen LogP contribution >= 0.6 is 34.7 Å². The summed E-state index contributed by atoms with van der Waals surface area (Å²) in [6, 6.07) is 28.7. The highest BCUT2D eigenvalue weighted by atomic mass is 35.5. The molecule has 1 aromatic heterocycles. The summed E-state index contributed by atoms with van der Waals surface area (Å²) < 4.78 is 12.5. The number of carbonyl (C=O) groups excluding carboxylic acids is 2. The van der Waals surface area contributed by atoms with Crippen LogP contribution in [0.3, 0.4) is 0 Å². The Kier molecular flexibility index (Phi) is 11.5. The largest absolute Gasteiger partial charge is 0.507 e. The molecule has 0 radical (unpaired) electrons. The Morgan fingerprint density at radius 3 is 2.28 bits per heavy atom. The number of benzene rings is 4. The minimum Gasteiger partial charge on any atom is -0.507 e. The van der Waals surface area contributed by atoms with Crippen LogP contribution in [-0.2, 0) is 21.9 Å². The van der Waals surface area contributed by atoms with Crippen LogP contribution in [0, 0.1) is 6.92 Å². The zero-order chi connectivity index (χ0) is 35.0. The van der Waals surface area contributed by atoms with E-state index in [0.29, 0.717) is 51.0 Å². The van der Waals surface area contributed by atoms with Gasteiger partial charge in [-0.1, -0.05) is 109 Å². The molecule has 0 spiro atoms. The van der Waals surface area contributed by atoms with Gasteiger partial charge >= 0.3 is 5.91 Å². The number of halogens is 1. The number of ketones is 1. The number of aryl methyl sites for hydroxylation is 1. The topological polar surface area (TPSA) is 102 Å². The van der Waals surface area contributed by atoms with Crippen molar-refractivity contribution in [3.05, 3.63) is 135 Å². The quantitative estimate of drug-likeness (QED) is 0.0302. The highest BCUT2D eigenvalue weighted by Gasteiger charge is 2.48. The number of thioether (sulfide) groups is 1. The summed E-state index contributed by atoms with van der Waals surface area (Å²) in [5, 5.41) is 21.2. The van der Waals surface area contributed by atoms with Crippen LogP contribution in [0.15, 0.2) is 107 Å². The first-order chi connectivity index (χ1) is 24.3. The van der Waals surface area contributed by atoms with E-state index in [1.165, 1.54) is 28.0 Å². The Morgan fingerprint density at radius 2 is 1.56 bits per heavy atom. The fourth-order valence-corrected chi connectivity index (χ4v) is 7.70. The molecule has 2 heterocycles. The van der Waals surface area contributed by atoms with Gasteiger partial charge < -0.3 is 14.6 Å². The first-order valence-corrected chi connectivity index (χ1v) is 18.5. The summed E-state index contributed by atoms with van der Waals surface area (Å²) in [7, 11) is 0. The van der Waals surface area contributed by atoms with E-state index in [1.54, 1.807) is 24.3 Å². The van der Waals surface area contributed by atoms with Gasteiger partial charge in [-0.2, -0.15) is 0 Å². The van der Waals surface area contributed by atoms with Crippen LogP contribution in [0.2, 0.25) is 5.02 Å². The number of aliphatic hydroxyl groups excluding tert-OH is 1. The molecule has 5 aromatic rings. The number of Topliss-reactive ketones (excluding diaryl/α,β-unsaturated/α-hetero) is 1. The summed E-state index contributed by atoms with van der Waals surface area (Å²) in [6.45, 7) is 5.15. The van der Waals surface area contributed by atoms with E-state index < -0.39 is 17.7 Å². The fourth-order valence-electron chi connectivity index (χ4n) is 5.54. The molecule has 50 heavy (non-hydrogen) atoms. The van der Waals surface area contributed by atoms with Crippen molar-refractivity contribution < 1.29 is 24.2 Å². The van der Waals surface area contributed by atoms with E-state index in [-0.39, 0.29) is 16.5 Å². The number of anilines is 1. The molecule has 1 amide bonds. The van der Waals surface area contributed by atoms with E-state index >= 15 is 0 Å². The van der Waals surface area contributed by atoms with E-state index in [4.69, 9.17) is 21.1 Å². The average molecular weight is 726 g/mol. The molecule has 1 aliphatic heterocycles. The number of unbranched alkanes of at least 4 members (excludes halogenated alkanes) is 2. The Labute approximate surface area is 304 Å². The van der Waals surface area contributed by atoms with Crippen molar-refractivity contribution in [3.63, 3.8) is 0 Å². The lowest BCUT2D eigenvalue weighted by atomic mass is 9.95. The molecule has 1 aliphatic rings. The third-order valence-corrected chi connectivity index (χ3v) is 10.8. The molecule has 0 saturated carbocycles. The molecular formula is C39H36ClN3O5S2. The van der Waals surface area contributed by atoms with Crippen LogP contribution in [0.25, 0.3) is 5.76 Å². The van der Waals surface area contributed by atoms with E-state index in [2.05, 4.69) is 17.1 Å². The van der Waals surface area contributed by atoms with Gasteiger partial charge in [0.25, 0.3) is 5.78 Å². The van der Waals surface area contributed by atoms with Gasteiger partial charge in [-0.25, -0.2) is 0 Å². The van der Waals surface area contributed by atoms with Gasteiger partial charge in [-0.05, 0) is 78.1 Å². The summed E-state index contributed by atoms with van der Waals surface area (Å²) in [6.07, 6.45) is 3.12. The maximum Gasteiger partial charge on any atom is 0.301 e. The second-order valence-corrected chi connectivity index (χ2v) is 14.3. The molecule has 11 heteroatoms. The molecule has 1 saturated heterocycles. The zero-order valence-corrected chi connectivity index (χ0v) is 30.1. The summed E-state index contributed by atoms with van der Waals surface area (Å²) >= 11 is 8.98. The van der Waals surface area contributed by atoms with Gasteiger partial charge in [0, 0.05) is 16.3 Å². The number of amides is 1. The van der Waals surface area contributed by atoms with Crippen molar-refractivity contribution in [1.29, 1.82) is 0 Å². The first kappa shape index (κ1) is 35.2. The summed E-state index contributed by atoms with van der Waals surface area (Å²) in [4.78, 5) is 28.8. The Balaban J connectivity index is 1.30. The van der Waals surface area contributed by atoms with Gasteiger partial charge in [0.1, 0.15) is 23.9 Å². The lowest BCUT2D eigenvalue weighted by Gasteiger charge is -2.22. The standard InChI is InChI=1S/C39H36ClN3O5S2/c1-3-4-9-22-47-30-18-14-26(15-19-30)34-33(35(44)27-16-20-31(21-17-27)48-23-28-11-6-5-10-25(28)2)36(45)37(46)43(34)38-41-42-39(50-38)49-24-29-12-7-8-13-32(29)40/h5-8,10-21,34,44H,3-4,9,22-24H2,1-2H3/b35-33+. The Morgan fingerprint density at radius 1 is 0.880 bits per heavy atom. The monoisotopic (exact) mass is 725 g/mol. The van der Waals surface area contributed by atoms with Gasteiger partial charge in [0.15, 0.2) is 4.34 Å². The lowest BCUT2D eigenvalue weighted by molar-refractivity contribution is -0.132. The highest BCUT2D eigenvalue weighted by molar-refractivity contribution is 8.00. The van der Waals surface area contributed by atoms with Crippen molar-refractivity contribution in [1.82, 2.24) is 10.2 Å². The molecule has 0 bridgehead atoms. The molecule has 0 aliphatic carbocycles. The number of hydrogen-bond donors (Lipinski definition) is 1. The molecule has 8 nitrogen and oxygen atoms in total. The van der Waals surface area contributed by atoms with Gasteiger partial charge in [-0.3, -0.25) is 14.5 Å². The van der Waals surface area contributed by atoms with Crippen LogP contribution in [0.4, 0.5) is 5.13 Å². The van der Waals surface area contributed by atoms with E-state index in [9.17, 15) is 14.7 Å². The van der Waals surface area contributed by atoms with Crippen molar-refractivity contribution in [2.75, 3.05) is 11.5 Å². The summed E-state index contributed by atoms with van der Waals surface area (Å²) in [5.74, 6) is -0.0644. The predicted octanol–water partition coefficient (Wildman–Crippen LogP) is 9.57. The molecular weight excluding hydrogens is 690 g/mol. The van der Waals surface area contributed by atoms with Crippen LogP contribution in [0.5, 0.6) is 11.5 Å². The smallest absolute Gasteiger partial charge is 0.301 e. The average Bonchev–Trinajstić information content (AvgIpc) is 3.71. The van der Waals surface area contributed by atoms with Crippen molar-refractivity contribution in [2.45, 2.75) is 55.9 Å². The van der Waals surface area contributed by atoms with Crippen LogP contribution in [-0.4, -0.2) is 33.6 Å². The molecule has 1 unspecified atom stereocenters. The van der Waals surface area contributed by atoms with Crippen molar-refractivity contribution >= 4 is 57.3 Å². The lowest BCUT2D eigenvalue weighted by Crippen LogP contribution is -2.29. The third kappa shape index (κ3) is 8.04. The maximum atomic E-state index is 13.7. The number of aliphatic hydroxyl groups is 1. The van der Waals surface area contributed by atoms with Crippen molar-refractivity contribution in [3.8, 4) is 11.5 Å². The van der Waals surface area contributed by atoms with E-state index in [0.717, 1.165) is 36.0 Å². The summed E-state index contributed by atoms with van der Waals surface area (Å²) in [5.41, 5.74) is 4.09. The molecule has 4 aromatic carbocycles.